The number of nitrogens with zero attached hydrogens (tertiary/aromatic N) is 2. The summed E-state index contributed by atoms with van der Waals surface area (Å²) >= 11 is 6.30. The molecule has 0 radical (unpaired) electrons. The van der Waals surface area contributed by atoms with Crippen molar-refractivity contribution in [1.29, 1.82) is 0 Å². The van der Waals surface area contributed by atoms with Gasteiger partial charge in [0.15, 0.2) is 5.78 Å². The van der Waals surface area contributed by atoms with Crippen molar-refractivity contribution in [1.82, 2.24) is 4.90 Å². The summed E-state index contributed by atoms with van der Waals surface area (Å²) < 4.78 is 0. The molecule has 29 heavy (non-hydrogen) atoms. The third-order valence-electron chi connectivity index (χ3n) is 5.73. The zero-order valence-electron chi connectivity index (χ0n) is 15.8. The Bertz CT molecular complexity index is 1130. The average molecular weight is 403 g/mol. The van der Waals surface area contributed by atoms with Crippen LogP contribution in [0.4, 0.5) is 5.69 Å². The molecule has 0 unspecified atom stereocenters. The van der Waals surface area contributed by atoms with Gasteiger partial charge in [0.2, 0.25) is 0 Å². The smallest absolute Gasteiger partial charge is 0.253 e. The van der Waals surface area contributed by atoms with Crippen LogP contribution in [0.2, 0.25) is 5.02 Å². The number of carbonyl (C=O) groups excluding carboxylic acids is 2. The van der Waals surface area contributed by atoms with E-state index in [2.05, 4.69) is 4.90 Å². The molecule has 0 aromatic heterocycles. The van der Waals surface area contributed by atoms with Crippen molar-refractivity contribution >= 4 is 29.0 Å². The fourth-order valence-electron chi connectivity index (χ4n) is 4.20. The van der Waals surface area contributed by atoms with Crippen LogP contribution in [0, 0.1) is 0 Å². The SMILES string of the molecule is O=C1c2ccccc2-c2ccc(C(=O)N3CCN(c4ccccc4Cl)CC3)cc21. The molecule has 2 aliphatic rings. The van der Waals surface area contributed by atoms with E-state index in [1.165, 1.54) is 0 Å². The maximum atomic E-state index is 13.1. The van der Waals surface area contributed by atoms with Crippen LogP contribution in [-0.2, 0) is 0 Å². The van der Waals surface area contributed by atoms with E-state index in [4.69, 9.17) is 11.6 Å². The molecule has 144 valence electrons. The van der Waals surface area contributed by atoms with E-state index >= 15 is 0 Å². The van der Waals surface area contributed by atoms with E-state index < -0.39 is 0 Å². The van der Waals surface area contributed by atoms with Crippen LogP contribution in [-0.4, -0.2) is 42.8 Å². The summed E-state index contributed by atoms with van der Waals surface area (Å²) in [5.74, 6) is -0.0378. The summed E-state index contributed by atoms with van der Waals surface area (Å²) in [7, 11) is 0. The Labute approximate surface area is 174 Å². The van der Waals surface area contributed by atoms with E-state index in [0.717, 1.165) is 34.9 Å². The number of carbonyl (C=O) groups is 2. The molecule has 1 aliphatic heterocycles. The molecule has 4 nitrogen and oxygen atoms in total. The molecule has 0 spiro atoms. The number of rotatable bonds is 2. The second-order valence-electron chi connectivity index (χ2n) is 7.37. The number of amides is 1. The van der Waals surface area contributed by atoms with Gasteiger partial charge in [0, 0.05) is 42.9 Å². The van der Waals surface area contributed by atoms with Gasteiger partial charge in [-0.3, -0.25) is 9.59 Å². The number of ketones is 1. The molecular weight excluding hydrogens is 384 g/mol. The predicted molar refractivity (Wildman–Crippen MR) is 115 cm³/mol. The number of anilines is 1. The largest absolute Gasteiger partial charge is 0.367 e. The zero-order valence-corrected chi connectivity index (χ0v) is 16.5. The molecule has 0 bridgehead atoms. The molecule has 0 saturated carbocycles. The van der Waals surface area contributed by atoms with E-state index in [1.54, 1.807) is 6.07 Å². The minimum Gasteiger partial charge on any atom is -0.367 e. The minimum absolute atomic E-state index is 0.00575. The topological polar surface area (TPSA) is 40.6 Å². The van der Waals surface area contributed by atoms with Crippen LogP contribution in [0.15, 0.2) is 66.7 Å². The first-order valence-corrected chi connectivity index (χ1v) is 10.1. The van der Waals surface area contributed by atoms with Gasteiger partial charge in [0.1, 0.15) is 0 Å². The molecule has 0 N–H and O–H groups in total. The average Bonchev–Trinajstić information content (AvgIpc) is 3.06. The number of fused-ring (bicyclic) bond motifs is 3. The Balaban J connectivity index is 1.34. The Morgan fingerprint density at radius 1 is 0.759 bits per heavy atom. The van der Waals surface area contributed by atoms with Crippen molar-refractivity contribution in [2.75, 3.05) is 31.1 Å². The van der Waals surface area contributed by atoms with Crippen LogP contribution in [0.1, 0.15) is 26.3 Å². The van der Waals surface area contributed by atoms with Crippen LogP contribution < -0.4 is 4.90 Å². The van der Waals surface area contributed by atoms with Gasteiger partial charge in [-0.2, -0.15) is 0 Å². The Morgan fingerprint density at radius 2 is 1.41 bits per heavy atom. The summed E-state index contributed by atoms with van der Waals surface area (Å²) in [5.41, 5.74) is 4.75. The van der Waals surface area contributed by atoms with Gasteiger partial charge in [-0.25, -0.2) is 0 Å². The fraction of sp³-hybridized carbons (Fsp3) is 0.167. The molecular formula is C24H19ClN2O2. The number of benzene rings is 3. The molecule has 5 rings (SSSR count). The van der Waals surface area contributed by atoms with Gasteiger partial charge in [0.25, 0.3) is 5.91 Å². The Morgan fingerprint density at radius 3 is 2.17 bits per heavy atom. The lowest BCUT2D eigenvalue weighted by molar-refractivity contribution is 0.0747. The first-order valence-electron chi connectivity index (χ1n) is 9.70. The Kier molecular flexibility index (Phi) is 4.36. The van der Waals surface area contributed by atoms with Crippen molar-refractivity contribution in [2.24, 2.45) is 0 Å². The minimum atomic E-state index is -0.0321. The van der Waals surface area contributed by atoms with E-state index in [0.29, 0.717) is 29.8 Å². The van der Waals surface area contributed by atoms with Crippen LogP contribution >= 0.6 is 11.6 Å². The van der Waals surface area contributed by atoms with E-state index in [9.17, 15) is 9.59 Å². The molecule has 0 atom stereocenters. The van der Waals surface area contributed by atoms with Gasteiger partial charge in [-0.05, 0) is 35.4 Å². The maximum absolute atomic E-state index is 13.1. The third-order valence-corrected chi connectivity index (χ3v) is 6.05. The van der Waals surface area contributed by atoms with Gasteiger partial charge >= 0.3 is 0 Å². The van der Waals surface area contributed by atoms with Crippen molar-refractivity contribution in [3.63, 3.8) is 0 Å². The number of piperazine rings is 1. The molecule has 1 fully saturated rings. The number of halogens is 1. The van der Waals surface area contributed by atoms with Crippen LogP contribution in [0.3, 0.4) is 0 Å². The highest BCUT2D eigenvalue weighted by atomic mass is 35.5. The standard InChI is InChI=1S/C24H19ClN2O2/c25-21-7-3-4-8-22(21)26-11-13-27(14-12-26)24(29)16-9-10-18-17-5-1-2-6-19(17)23(28)20(18)15-16/h1-10,15H,11-14H2. The van der Waals surface area contributed by atoms with Gasteiger partial charge in [0.05, 0.1) is 10.7 Å². The van der Waals surface area contributed by atoms with Crippen molar-refractivity contribution in [3.05, 3.63) is 88.4 Å². The molecule has 3 aromatic rings. The third kappa shape index (κ3) is 3.00. The highest BCUT2D eigenvalue weighted by Gasteiger charge is 2.29. The lowest BCUT2D eigenvalue weighted by Gasteiger charge is -2.36. The Hall–Kier alpha value is -3.11. The lowest BCUT2D eigenvalue weighted by Crippen LogP contribution is -2.48. The predicted octanol–water partition coefficient (Wildman–Crippen LogP) is 4.51. The van der Waals surface area contributed by atoms with Crippen molar-refractivity contribution < 1.29 is 9.59 Å². The van der Waals surface area contributed by atoms with Gasteiger partial charge in [-0.15, -0.1) is 0 Å². The molecule has 5 heteroatoms. The first kappa shape index (κ1) is 18.0. The van der Waals surface area contributed by atoms with Crippen molar-refractivity contribution in [3.8, 4) is 11.1 Å². The molecule has 1 aliphatic carbocycles. The van der Waals surface area contributed by atoms with Crippen molar-refractivity contribution in [2.45, 2.75) is 0 Å². The highest BCUT2D eigenvalue weighted by molar-refractivity contribution is 6.33. The van der Waals surface area contributed by atoms with Gasteiger partial charge < -0.3 is 9.80 Å². The number of hydrogen-bond donors (Lipinski definition) is 0. The maximum Gasteiger partial charge on any atom is 0.253 e. The fourth-order valence-corrected chi connectivity index (χ4v) is 4.46. The summed E-state index contributed by atoms with van der Waals surface area (Å²) in [6.07, 6.45) is 0. The summed E-state index contributed by atoms with van der Waals surface area (Å²) in [6, 6.07) is 20.8. The second kappa shape index (κ2) is 7.05. The monoisotopic (exact) mass is 402 g/mol. The lowest BCUT2D eigenvalue weighted by atomic mass is 10.0. The quantitative estimate of drug-likeness (QED) is 0.495. The van der Waals surface area contributed by atoms with Crippen LogP contribution in [0.25, 0.3) is 11.1 Å². The second-order valence-corrected chi connectivity index (χ2v) is 7.77. The van der Waals surface area contributed by atoms with E-state index in [1.807, 2.05) is 65.6 Å². The molecule has 1 heterocycles. The van der Waals surface area contributed by atoms with Crippen LogP contribution in [0.5, 0.6) is 0 Å². The normalized spacial score (nSPS) is 15.3. The first-order chi connectivity index (χ1) is 14.1. The van der Waals surface area contributed by atoms with E-state index in [-0.39, 0.29) is 11.7 Å². The summed E-state index contributed by atoms with van der Waals surface area (Å²) in [5, 5.41) is 0.726. The number of para-hydroxylation sites is 1. The summed E-state index contributed by atoms with van der Waals surface area (Å²) in [6.45, 7) is 2.69. The zero-order chi connectivity index (χ0) is 20.0. The molecule has 1 saturated heterocycles. The number of hydrogen-bond acceptors (Lipinski definition) is 3. The molecule has 1 amide bonds. The van der Waals surface area contributed by atoms with Gasteiger partial charge in [-0.1, -0.05) is 54.1 Å². The molecule has 3 aromatic carbocycles. The highest BCUT2D eigenvalue weighted by Crippen LogP contribution is 2.37. The summed E-state index contributed by atoms with van der Waals surface area (Å²) in [4.78, 5) is 29.8.